The second-order valence-corrected chi connectivity index (χ2v) is 5.64. The fourth-order valence-electron chi connectivity index (χ4n) is 1.68. The zero-order valence-corrected chi connectivity index (χ0v) is 13.5. The highest BCUT2D eigenvalue weighted by molar-refractivity contribution is 9.10. The molecule has 21 heavy (non-hydrogen) atoms. The SMILES string of the molecule is O=C(O)c1ccccc1C(=O)Nc1ccc(Br)c(Cl)c1Cl. The second-order valence-electron chi connectivity index (χ2n) is 4.03. The summed E-state index contributed by atoms with van der Waals surface area (Å²) >= 11 is 15.2. The quantitative estimate of drug-likeness (QED) is 0.748. The van der Waals surface area contributed by atoms with Gasteiger partial charge in [-0.05, 0) is 40.2 Å². The molecule has 2 rings (SSSR count). The molecule has 0 heterocycles. The van der Waals surface area contributed by atoms with Crippen molar-refractivity contribution in [3.8, 4) is 0 Å². The van der Waals surface area contributed by atoms with Crippen molar-refractivity contribution in [2.75, 3.05) is 5.32 Å². The Bertz CT molecular complexity index is 734. The molecule has 0 aromatic heterocycles. The summed E-state index contributed by atoms with van der Waals surface area (Å²) in [5.74, 6) is -1.76. The predicted molar refractivity (Wildman–Crippen MR) is 85.5 cm³/mol. The maximum absolute atomic E-state index is 12.2. The first-order chi connectivity index (χ1) is 9.91. The van der Waals surface area contributed by atoms with Gasteiger partial charge in [-0.2, -0.15) is 0 Å². The normalized spacial score (nSPS) is 10.2. The van der Waals surface area contributed by atoms with E-state index in [0.29, 0.717) is 10.2 Å². The fraction of sp³-hybridized carbons (Fsp3) is 0. The average Bonchev–Trinajstić information content (AvgIpc) is 2.47. The highest BCUT2D eigenvalue weighted by Crippen LogP contribution is 2.36. The minimum atomic E-state index is -1.18. The molecular formula is C14H8BrCl2NO3. The van der Waals surface area contributed by atoms with Crippen LogP contribution in [0, 0.1) is 0 Å². The van der Waals surface area contributed by atoms with Gasteiger partial charge in [0.15, 0.2) is 0 Å². The van der Waals surface area contributed by atoms with Gasteiger partial charge in [0, 0.05) is 4.47 Å². The van der Waals surface area contributed by atoms with Gasteiger partial charge in [-0.25, -0.2) is 4.79 Å². The standard InChI is InChI=1S/C14H8BrCl2NO3/c15-9-5-6-10(12(17)11(9)16)18-13(19)7-3-1-2-4-8(7)14(20)21/h1-6H,(H,18,19)(H,20,21). The number of nitrogens with one attached hydrogen (secondary N) is 1. The maximum atomic E-state index is 12.2. The van der Waals surface area contributed by atoms with Crippen LogP contribution in [-0.4, -0.2) is 17.0 Å². The molecule has 2 aromatic rings. The Balaban J connectivity index is 2.35. The van der Waals surface area contributed by atoms with Crippen molar-refractivity contribution in [2.24, 2.45) is 0 Å². The van der Waals surface area contributed by atoms with Crippen molar-refractivity contribution in [3.63, 3.8) is 0 Å². The summed E-state index contributed by atoms with van der Waals surface area (Å²) in [5, 5.41) is 12.1. The first-order valence-corrected chi connectivity index (χ1v) is 7.24. The van der Waals surface area contributed by atoms with Gasteiger partial charge >= 0.3 is 5.97 Å². The molecule has 7 heteroatoms. The molecule has 0 radical (unpaired) electrons. The summed E-state index contributed by atoms with van der Waals surface area (Å²) in [6.45, 7) is 0. The van der Waals surface area contributed by atoms with Crippen LogP contribution < -0.4 is 5.32 Å². The molecule has 0 atom stereocenters. The summed E-state index contributed by atoms with van der Waals surface area (Å²) in [7, 11) is 0. The molecule has 0 saturated heterocycles. The summed E-state index contributed by atoms with van der Waals surface area (Å²) in [5.41, 5.74) is 0.254. The molecule has 0 spiro atoms. The summed E-state index contributed by atoms with van der Waals surface area (Å²) < 4.78 is 0.595. The summed E-state index contributed by atoms with van der Waals surface area (Å²) in [6, 6.07) is 9.11. The van der Waals surface area contributed by atoms with E-state index in [4.69, 9.17) is 28.3 Å². The van der Waals surface area contributed by atoms with E-state index in [9.17, 15) is 9.59 Å². The van der Waals surface area contributed by atoms with Crippen LogP contribution in [0.1, 0.15) is 20.7 Å². The monoisotopic (exact) mass is 387 g/mol. The van der Waals surface area contributed by atoms with Crippen LogP contribution >= 0.6 is 39.1 Å². The number of carboxylic acids is 1. The summed E-state index contributed by atoms with van der Waals surface area (Å²) in [4.78, 5) is 23.3. The van der Waals surface area contributed by atoms with Gasteiger partial charge in [-0.15, -0.1) is 0 Å². The van der Waals surface area contributed by atoms with E-state index in [1.54, 1.807) is 24.3 Å². The lowest BCUT2D eigenvalue weighted by molar-refractivity contribution is 0.0692. The number of halogens is 3. The van der Waals surface area contributed by atoms with Crippen LogP contribution in [0.25, 0.3) is 0 Å². The van der Waals surface area contributed by atoms with Crippen LogP contribution in [-0.2, 0) is 0 Å². The molecule has 2 N–H and O–H groups in total. The fourth-order valence-corrected chi connectivity index (χ4v) is 2.50. The molecule has 0 bridgehead atoms. The highest BCUT2D eigenvalue weighted by atomic mass is 79.9. The molecule has 4 nitrogen and oxygen atoms in total. The predicted octanol–water partition coefficient (Wildman–Crippen LogP) is 4.71. The van der Waals surface area contributed by atoms with Gasteiger partial charge in [0.2, 0.25) is 0 Å². The number of benzene rings is 2. The van der Waals surface area contributed by atoms with Crippen molar-refractivity contribution in [2.45, 2.75) is 0 Å². The number of rotatable bonds is 3. The Labute approximate surface area is 138 Å². The lowest BCUT2D eigenvalue weighted by atomic mass is 10.1. The van der Waals surface area contributed by atoms with Crippen LogP contribution in [0.3, 0.4) is 0 Å². The molecule has 0 unspecified atom stereocenters. The Morgan fingerprint density at radius 1 is 1.00 bits per heavy atom. The van der Waals surface area contributed by atoms with E-state index in [1.165, 1.54) is 12.1 Å². The van der Waals surface area contributed by atoms with Gasteiger partial charge in [0.1, 0.15) is 0 Å². The lowest BCUT2D eigenvalue weighted by Crippen LogP contribution is -2.16. The van der Waals surface area contributed by atoms with Crippen LogP contribution in [0.4, 0.5) is 5.69 Å². The zero-order valence-electron chi connectivity index (χ0n) is 10.4. The van der Waals surface area contributed by atoms with Crippen LogP contribution in [0.2, 0.25) is 10.0 Å². The van der Waals surface area contributed by atoms with Crippen molar-refractivity contribution in [1.29, 1.82) is 0 Å². The zero-order chi connectivity index (χ0) is 15.6. The van der Waals surface area contributed by atoms with Gasteiger partial charge in [0.25, 0.3) is 5.91 Å². The second kappa shape index (κ2) is 6.47. The number of carbonyl (C=O) groups is 2. The Morgan fingerprint density at radius 2 is 1.62 bits per heavy atom. The number of carbonyl (C=O) groups excluding carboxylic acids is 1. The Hall–Kier alpha value is -1.56. The third kappa shape index (κ3) is 3.37. The molecular weight excluding hydrogens is 381 g/mol. The number of aromatic carboxylic acids is 1. The van der Waals surface area contributed by atoms with Gasteiger partial charge < -0.3 is 10.4 Å². The number of hydrogen-bond acceptors (Lipinski definition) is 2. The molecule has 108 valence electrons. The van der Waals surface area contributed by atoms with E-state index in [-0.39, 0.29) is 21.2 Å². The van der Waals surface area contributed by atoms with Crippen LogP contribution in [0.5, 0.6) is 0 Å². The minimum Gasteiger partial charge on any atom is -0.478 e. The number of carboxylic acid groups (broad SMARTS) is 1. The van der Waals surface area contributed by atoms with Gasteiger partial charge in [-0.3, -0.25) is 4.79 Å². The van der Waals surface area contributed by atoms with E-state index < -0.39 is 11.9 Å². The third-order valence-electron chi connectivity index (χ3n) is 2.69. The summed E-state index contributed by atoms with van der Waals surface area (Å²) in [6.07, 6.45) is 0. The van der Waals surface area contributed by atoms with Crippen molar-refractivity contribution in [1.82, 2.24) is 0 Å². The lowest BCUT2D eigenvalue weighted by Gasteiger charge is -2.10. The molecule has 0 saturated carbocycles. The Morgan fingerprint density at radius 3 is 2.24 bits per heavy atom. The Kier molecular flexibility index (Phi) is 4.88. The largest absolute Gasteiger partial charge is 0.478 e. The van der Waals surface area contributed by atoms with Crippen molar-refractivity contribution >= 4 is 56.7 Å². The molecule has 0 aliphatic carbocycles. The van der Waals surface area contributed by atoms with Crippen molar-refractivity contribution < 1.29 is 14.7 Å². The molecule has 2 aromatic carbocycles. The molecule has 0 fully saturated rings. The smallest absolute Gasteiger partial charge is 0.336 e. The van der Waals surface area contributed by atoms with Gasteiger partial charge in [0.05, 0.1) is 26.9 Å². The number of amides is 1. The molecule has 1 amide bonds. The number of hydrogen-bond donors (Lipinski definition) is 2. The third-order valence-corrected chi connectivity index (χ3v) is 4.46. The van der Waals surface area contributed by atoms with Crippen molar-refractivity contribution in [3.05, 3.63) is 62.0 Å². The van der Waals surface area contributed by atoms with E-state index in [2.05, 4.69) is 21.2 Å². The molecule has 0 aliphatic rings. The highest BCUT2D eigenvalue weighted by Gasteiger charge is 2.17. The van der Waals surface area contributed by atoms with Gasteiger partial charge in [-0.1, -0.05) is 35.3 Å². The topological polar surface area (TPSA) is 66.4 Å². The first kappa shape index (κ1) is 15.8. The first-order valence-electron chi connectivity index (χ1n) is 5.69. The van der Waals surface area contributed by atoms with E-state index in [0.717, 1.165) is 0 Å². The van der Waals surface area contributed by atoms with Crippen LogP contribution in [0.15, 0.2) is 40.9 Å². The maximum Gasteiger partial charge on any atom is 0.336 e. The van der Waals surface area contributed by atoms with E-state index in [1.807, 2.05) is 0 Å². The minimum absolute atomic E-state index is 0.0418. The van der Waals surface area contributed by atoms with E-state index >= 15 is 0 Å². The average molecular weight is 389 g/mol. The molecule has 0 aliphatic heterocycles. The number of anilines is 1.